The highest BCUT2D eigenvalue weighted by molar-refractivity contribution is 5.91. The lowest BCUT2D eigenvalue weighted by molar-refractivity contribution is -0.385. The number of methoxy groups -OCH3 is 1. The van der Waals surface area contributed by atoms with Gasteiger partial charge in [-0.2, -0.15) is 0 Å². The normalized spacial score (nSPS) is 16.0. The van der Waals surface area contributed by atoms with Gasteiger partial charge in [-0.25, -0.2) is 4.79 Å². The molecule has 2 heterocycles. The molecule has 1 aromatic carbocycles. The first-order chi connectivity index (χ1) is 11.5. The van der Waals surface area contributed by atoms with Crippen LogP contribution in [-0.4, -0.2) is 43.2 Å². The molecule has 24 heavy (non-hydrogen) atoms. The van der Waals surface area contributed by atoms with E-state index in [-0.39, 0.29) is 17.4 Å². The van der Waals surface area contributed by atoms with Crippen molar-refractivity contribution in [2.45, 2.75) is 19.8 Å². The van der Waals surface area contributed by atoms with Crippen molar-refractivity contribution in [3.05, 3.63) is 39.2 Å². The number of benzene rings is 1. The van der Waals surface area contributed by atoms with Crippen LogP contribution in [0.25, 0.3) is 0 Å². The molecule has 0 N–H and O–H groups in total. The standard InChI is InChI=1S/C16H19N3O5/c1-4-24-16(20)15-11-6-5-10-7-14(23-3)13(19(21)22)8-12(10)18(11)9-17(15)2/h7-8H,4-6,9H2,1-3H3. The monoisotopic (exact) mass is 333 g/mol. The highest BCUT2D eigenvalue weighted by Gasteiger charge is 2.37. The minimum absolute atomic E-state index is 0.0789. The summed E-state index contributed by atoms with van der Waals surface area (Å²) in [4.78, 5) is 26.8. The van der Waals surface area contributed by atoms with Crippen molar-refractivity contribution in [2.24, 2.45) is 0 Å². The lowest BCUT2D eigenvalue weighted by Gasteiger charge is -2.29. The Labute approximate surface area is 139 Å². The van der Waals surface area contributed by atoms with E-state index in [9.17, 15) is 14.9 Å². The molecule has 0 bridgehead atoms. The first kappa shape index (κ1) is 16.1. The maximum atomic E-state index is 12.2. The SMILES string of the molecule is CCOC(=O)C1=C2CCc3cc(OC)c([N+](=O)[O-])cc3N2CN1C. The topological polar surface area (TPSA) is 85.1 Å². The van der Waals surface area contributed by atoms with E-state index in [2.05, 4.69) is 0 Å². The van der Waals surface area contributed by atoms with Gasteiger partial charge in [0, 0.05) is 13.1 Å². The molecule has 3 rings (SSSR count). The van der Waals surface area contributed by atoms with E-state index in [1.165, 1.54) is 13.2 Å². The Bertz CT molecular complexity index is 743. The summed E-state index contributed by atoms with van der Waals surface area (Å²) in [6, 6.07) is 3.24. The number of aryl methyl sites for hydroxylation is 1. The predicted molar refractivity (Wildman–Crippen MR) is 86.7 cm³/mol. The average Bonchev–Trinajstić information content (AvgIpc) is 2.89. The molecule has 0 unspecified atom stereocenters. The minimum atomic E-state index is -0.455. The number of nitro groups is 1. The van der Waals surface area contributed by atoms with Crippen LogP contribution >= 0.6 is 0 Å². The Morgan fingerprint density at radius 1 is 1.38 bits per heavy atom. The van der Waals surface area contributed by atoms with E-state index in [1.54, 1.807) is 13.0 Å². The first-order valence-corrected chi connectivity index (χ1v) is 7.72. The number of ether oxygens (including phenoxy) is 2. The molecule has 0 aliphatic carbocycles. The van der Waals surface area contributed by atoms with Gasteiger partial charge in [0.25, 0.3) is 0 Å². The Kier molecular flexibility index (Phi) is 4.04. The van der Waals surface area contributed by atoms with Crippen molar-refractivity contribution in [1.29, 1.82) is 0 Å². The largest absolute Gasteiger partial charge is 0.490 e. The molecule has 0 aromatic heterocycles. The van der Waals surface area contributed by atoms with Crippen molar-refractivity contribution in [3.8, 4) is 5.75 Å². The van der Waals surface area contributed by atoms with Gasteiger partial charge in [-0.15, -0.1) is 0 Å². The van der Waals surface area contributed by atoms with Crippen molar-refractivity contribution in [3.63, 3.8) is 0 Å². The van der Waals surface area contributed by atoms with Crippen LogP contribution in [0, 0.1) is 10.1 Å². The molecule has 0 atom stereocenters. The van der Waals surface area contributed by atoms with Gasteiger partial charge in [-0.1, -0.05) is 0 Å². The highest BCUT2D eigenvalue weighted by atomic mass is 16.6. The quantitative estimate of drug-likeness (QED) is 0.473. The molecule has 1 aromatic rings. The molecule has 0 fully saturated rings. The summed E-state index contributed by atoms with van der Waals surface area (Å²) in [5, 5.41) is 11.3. The second-order valence-corrected chi connectivity index (χ2v) is 5.69. The van der Waals surface area contributed by atoms with Gasteiger partial charge in [0.15, 0.2) is 5.75 Å². The Hall–Kier alpha value is -2.77. The fraction of sp³-hybridized carbons (Fsp3) is 0.438. The third-order valence-electron chi connectivity index (χ3n) is 4.30. The summed E-state index contributed by atoms with van der Waals surface area (Å²) >= 11 is 0. The van der Waals surface area contributed by atoms with Gasteiger partial charge in [-0.3, -0.25) is 10.1 Å². The second kappa shape index (κ2) is 6.03. The molecule has 8 nitrogen and oxygen atoms in total. The van der Waals surface area contributed by atoms with Gasteiger partial charge in [-0.05, 0) is 31.4 Å². The first-order valence-electron chi connectivity index (χ1n) is 7.72. The van der Waals surface area contributed by atoms with Gasteiger partial charge < -0.3 is 19.3 Å². The van der Waals surface area contributed by atoms with Crippen LogP contribution < -0.4 is 9.64 Å². The summed E-state index contributed by atoms with van der Waals surface area (Å²) in [7, 11) is 3.24. The zero-order valence-corrected chi connectivity index (χ0v) is 13.9. The Morgan fingerprint density at radius 3 is 2.75 bits per heavy atom. The molecular formula is C16H19N3O5. The molecule has 2 aliphatic rings. The van der Waals surface area contributed by atoms with Crippen LogP contribution in [0.5, 0.6) is 5.75 Å². The summed E-state index contributed by atoms with van der Waals surface area (Å²) in [5.41, 5.74) is 3.02. The number of esters is 1. The maximum Gasteiger partial charge on any atom is 0.356 e. The smallest absolute Gasteiger partial charge is 0.356 e. The fourth-order valence-corrected chi connectivity index (χ4v) is 3.27. The number of nitrogens with zero attached hydrogens (tertiary/aromatic N) is 3. The van der Waals surface area contributed by atoms with Crippen LogP contribution in [0.3, 0.4) is 0 Å². The van der Waals surface area contributed by atoms with E-state index < -0.39 is 4.92 Å². The molecule has 0 radical (unpaired) electrons. The molecule has 8 heteroatoms. The summed E-state index contributed by atoms with van der Waals surface area (Å²) in [6.45, 7) is 2.53. The second-order valence-electron chi connectivity index (χ2n) is 5.69. The van der Waals surface area contributed by atoms with Crippen LogP contribution in [0.2, 0.25) is 0 Å². The van der Waals surface area contributed by atoms with E-state index in [4.69, 9.17) is 9.47 Å². The fourth-order valence-electron chi connectivity index (χ4n) is 3.27. The van der Waals surface area contributed by atoms with Crippen LogP contribution in [0.1, 0.15) is 18.9 Å². The lowest BCUT2D eigenvalue weighted by Crippen LogP contribution is -2.28. The third kappa shape index (κ3) is 2.44. The number of hydrogen-bond donors (Lipinski definition) is 0. The number of nitro benzene ring substituents is 1. The van der Waals surface area contributed by atoms with Crippen molar-refractivity contribution in [2.75, 3.05) is 32.3 Å². The number of likely N-dealkylation sites (N-methyl/N-ethyl adjacent to an activating group) is 1. The van der Waals surface area contributed by atoms with Gasteiger partial charge in [0.1, 0.15) is 5.70 Å². The molecule has 0 saturated heterocycles. The van der Waals surface area contributed by atoms with Gasteiger partial charge in [0.2, 0.25) is 0 Å². The summed E-state index contributed by atoms with van der Waals surface area (Å²) in [6.07, 6.45) is 1.36. The number of rotatable bonds is 4. The molecule has 0 spiro atoms. The van der Waals surface area contributed by atoms with Crippen molar-refractivity contribution in [1.82, 2.24) is 4.90 Å². The molecule has 2 aliphatic heterocycles. The Balaban J connectivity index is 2.08. The van der Waals surface area contributed by atoms with Crippen molar-refractivity contribution < 1.29 is 19.2 Å². The van der Waals surface area contributed by atoms with Crippen LogP contribution in [0.15, 0.2) is 23.5 Å². The van der Waals surface area contributed by atoms with Crippen molar-refractivity contribution >= 4 is 17.3 Å². The number of carbonyl (C=O) groups excluding carboxylic acids is 1. The minimum Gasteiger partial charge on any atom is -0.490 e. The van der Waals surface area contributed by atoms with E-state index in [0.29, 0.717) is 31.8 Å². The zero-order chi connectivity index (χ0) is 17.4. The lowest BCUT2D eigenvalue weighted by atomic mass is 9.98. The predicted octanol–water partition coefficient (Wildman–Crippen LogP) is 2.03. The number of anilines is 1. The van der Waals surface area contributed by atoms with Crippen LogP contribution in [0.4, 0.5) is 11.4 Å². The molecule has 128 valence electrons. The average molecular weight is 333 g/mol. The van der Waals surface area contributed by atoms with E-state index in [1.807, 2.05) is 16.8 Å². The van der Waals surface area contributed by atoms with Crippen LogP contribution in [-0.2, 0) is 16.0 Å². The third-order valence-corrected chi connectivity index (χ3v) is 4.30. The molecular weight excluding hydrogens is 314 g/mol. The van der Waals surface area contributed by atoms with E-state index in [0.717, 1.165) is 16.9 Å². The number of hydrogen-bond acceptors (Lipinski definition) is 7. The Morgan fingerprint density at radius 2 is 2.12 bits per heavy atom. The molecule has 0 amide bonds. The summed E-state index contributed by atoms with van der Waals surface area (Å²) < 4.78 is 10.3. The maximum absolute atomic E-state index is 12.2. The number of fused-ring (bicyclic) bond motifs is 3. The van der Waals surface area contributed by atoms with Gasteiger partial charge in [0.05, 0.1) is 36.7 Å². The number of allylic oxidation sites excluding steroid dienone is 1. The highest BCUT2D eigenvalue weighted by Crippen LogP contribution is 2.43. The van der Waals surface area contributed by atoms with Gasteiger partial charge >= 0.3 is 11.7 Å². The molecule has 0 saturated carbocycles. The number of carbonyl (C=O) groups is 1. The zero-order valence-electron chi connectivity index (χ0n) is 13.9. The van der Waals surface area contributed by atoms with E-state index >= 15 is 0 Å². The summed E-state index contributed by atoms with van der Waals surface area (Å²) in [5.74, 6) is -0.103.